The summed E-state index contributed by atoms with van der Waals surface area (Å²) in [5.74, 6) is 0. The lowest BCUT2D eigenvalue weighted by atomic mass is 10.2. The number of unbranched alkanes of at least 4 members (excludes halogenated alkanes) is 1. The molecular weight excluding hydrogens is 172 g/mol. The fraction of sp³-hybridized carbons (Fsp3) is 0.385. The topological polar surface area (TPSA) is 9.23 Å². The average Bonchev–Trinajstić information content (AvgIpc) is 2.25. The minimum atomic E-state index is 0.768. The average molecular weight is 190 g/mol. The van der Waals surface area contributed by atoms with Gasteiger partial charge in [-0.25, -0.2) is 0 Å². The van der Waals surface area contributed by atoms with Crippen LogP contribution in [-0.4, -0.2) is 6.61 Å². The van der Waals surface area contributed by atoms with Crippen molar-refractivity contribution in [3.63, 3.8) is 0 Å². The minimum Gasteiger partial charge on any atom is -0.501 e. The van der Waals surface area contributed by atoms with E-state index in [-0.39, 0.29) is 0 Å². The van der Waals surface area contributed by atoms with E-state index in [0.717, 1.165) is 19.4 Å². The lowest BCUT2D eigenvalue weighted by molar-refractivity contribution is 0.252. The third-order valence-electron chi connectivity index (χ3n) is 2.00. The first kappa shape index (κ1) is 10.8. The van der Waals surface area contributed by atoms with Crippen molar-refractivity contribution in [2.24, 2.45) is 0 Å². The maximum atomic E-state index is 5.36. The van der Waals surface area contributed by atoms with Gasteiger partial charge in [0.1, 0.15) is 0 Å². The second kappa shape index (κ2) is 7.19. The normalized spacial score (nSPS) is 10.6. The number of hydrogen-bond acceptors (Lipinski definition) is 1. The van der Waals surface area contributed by atoms with Gasteiger partial charge >= 0.3 is 0 Å². The van der Waals surface area contributed by atoms with Gasteiger partial charge in [-0.3, -0.25) is 0 Å². The summed E-state index contributed by atoms with van der Waals surface area (Å²) in [6.07, 6.45) is 7.15. The van der Waals surface area contributed by atoms with E-state index >= 15 is 0 Å². The second-order valence-corrected chi connectivity index (χ2v) is 3.27. The van der Waals surface area contributed by atoms with Crippen molar-refractivity contribution >= 4 is 0 Å². The fourth-order valence-electron chi connectivity index (χ4n) is 1.19. The van der Waals surface area contributed by atoms with Crippen molar-refractivity contribution in [3.8, 4) is 0 Å². The Hall–Kier alpha value is -1.24. The van der Waals surface area contributed by atoms with Crippen LogP contribution in [0.25, 0.3) is 0 Å². The van der Waals surface area contributed by atoms with E-state index in [1.54, 1.807) is 0 Å². The Morgan fingerprint density at radius 1 is 1.21 bits per heavy atom. The van der Waals surface area contributed by atoms with Crippen molar-refractivity contribution in [1.29, 1.82) is 0 Å². The zero-order chi connectivity index (χ0) is 10.1. The molecule has 0 spiro atoms. The van der Waals surface area contributed by atoms with Gasteiger partial charge in [-0.15, -0.1) is 0 Å². The molecule has 0 amide bonds. The summed E-state index contributed by atoms with van der Waals surface area (Å²) >= 11 is 0. The summed E-state index contributed by atoms with van der Waals surface area (Å²) in [7, 11) is 0. The van der Waals surface area contributed by atoms with Crippen LogP contribution < -0.4 is 0 Å². The molecule has 1 aromatic carbocycles. The van der Waals surface area contributed by atoms with Gasteiger partial charge in [0.15, 0.2) is 0 Å². The molecule has 0 atom stereocenters. The highest BCUT2D eigenvalue weighted by Gasteiger charge is 1.89. The van der Waals surface area contributed by atoms with Crippen molar-refractivity contribution in [3.05, 3.63) is 48.2 Å². The predicted octanol–water partition coefficient (Wildman–Crippen LogP) is 3.56. The molecule has 76 valence electrons. The summed E-state index contributed by atoms with van der Waals surface area (Å²) in [6, 6.07) is 10.4. The molecule has 0 radical (unpaired) electrons. The summed E-state index contributed by atoms with van der Waals surface area (Å²) in [4.78, 5) is 0. The molecule has 0 aliphatic carbocycles. The molecule has 1 nitrogen and oxygen atoms in total. The molecule has 0 saturated carbocycles. The maximum absolute atomic E-state index is 5.36. The predicted molar refractivity (Wildman–Crippen MR) is 60.1 cm³/mol. The number of allylic oxidation sites excluding steroid dienone is 1. The molecule has 0 unspecified atom stereocenters. The Morgan fingerprint density at radius 2 is 2.00 bits per heavy atom. The Bertz CT molecular complexity index is 251. The van der Waals surface area contributed by atoms with E-state index in [1.807, 2.05) is 12.3 Å². The third-order valence-corrected chi connectivity index (χ3v) is 2.00. The van der Waals surface area contributed by atoms with Crippen LogP contribution in [0.15, 0.2) is 42.7 Å². The van der Waals surface area contributed by atoms with Gasteiger partial charge in [-0.1, -0.05) is 43.7 Å². The van der Waals surface area contributed by atoms with Gasteiger partial charge < -0.3 is 4.74 Å². The molecule has 0 aliphatic heterocycles. The van der Waals surface area contributed by atoms with Crippen LogP contribution in [0.1, 0.15) is 25.3 Å². The van der Waals surface area contributed by atoms with Crippen LogP contribution in [0, 0.1) is 0 Å². The summed E-state index contributed by atoms with van der Waals surface area (Å²) in [5, 5.41) is 0. The standard InChI is InChI=1S/C13H18O/c1-2-3-7-11-14-12-10-13-8-5-4-6-9-13/h4-9,11H,2-3,10,12H2,1H3. The molecular formula is C13H18O. The summed E-state index contributed by atoms with van der Waals surface area (Å²) in [5.41, 5.74) is 1.33. The van der Waals surface area contributed by atoms with Gasteiger partial charge in [0.2, 0.25) is 0 Å². The van der Waals surface area contributed by atoms with Gasteiger partial charge in [0.25, 0.3) is 0 Å². The van der Waals surface area contributed by atoms with E-state index in [0.29, 0.717) is 0 Å². The zero-order valence-corrected chi connectivity index (χ0v) is 8.78. The highest BCUT2D eigenvalue weighted by atomic mass is 16.5. The van der Waals surface area contributed by atoms with Gasteiger partial charge in [0, 0.05) is 6.42 Å². The molecule has 1 heteroatoms. The van der Waals surface area contributed by atoms with Crippen LogP contribution in [0.4, 0.5) is 0 Å². The van der Waals surface area contributed by atoms with E-state index in [9.17, 15) is 0 Å². The molecule has 14 heavy (non-hydrogen) atoms. The smallest absolute Gasteiger partial charge is 0.0913 e. The summed E-state index contributed by atoms with van der Waals surface area (Å²) < 4.78 is 5.36. The lowest BCUT2D eigenvalue weighted by Crippen LogP contribution is -1.92. The second-order valence-electron chi connectivity index (χ2n) is 3.27. The van der Waals surface area contributed by atoms with Crippen LogP contribution in [0.2, 0.25) is 0 Å². The third kappa shape index (κ3) is 4.70. The Balaban J connectivity index is 2.10. The zero-order valence-electron chi connectivity index (χ0n) is 8.78. The number of hydrogen-bond donors (Lipinski definition) is 0. The SMILES string of the molecule is CCCC=COCCc1ccccc1. The molecule has 1 rings (SSSR count). The van der Waals surface area contributed by atoms with E-state index in [1.165, 1.54) is 12.0 Å². The molecule has 0 saturated heterocycles. The van der Waals surface area contributed by atoms with Gasteiger partial charge in [-0.2, -0.15) is 0 Å². The molecule has 0 bridgehead atoms. The van der Waals surface area contributed by atoms with Gasteiger partial charge in [0.05, 0.1) is 12.9 Å². The molecule has 0 aromatic heterocycles. The molecule has 0 N–H and O–H groups in total. The van der Waals surface area contributed by atoms with E-state index in [4.69, 9.17) is 4.74 Å². The quantitative estimate of drug-likeness (QED) is 0.492. The number of ether oxygens (including phenoxy) is 1. The number of benzene rings is 1. The Kier molecular flexibility index (Phi) is 5.57. The Labute approximate surface area is 86.4 Å². The monoisotopic (exact) mass is 190 g/mol. The highest BCUT2D eigenvalue weighted by Crippen LogP contribution is 1.99. The minimum absolute atomic E-state index is 0.768. The van der Waals surface area contributed by atoms with Crippen LogP contribution in [0.3, 0.4) is 0 Å². The fourth-order valence-corrected chi connectivity index (χ4v) is 1.19. The first-order valence-electron chi connectivity index (χ1n) is 5.24. The van der Waals surface area contributed by atoms with Crippen LogP contribution in [0.5, 0.6) is 0 Å². The first-order chi connectivity index (χ1) is 6.93. The van der Waals surface area contributed by atoms with Crippen molar-refractivity contribution in [2.75, 3.05) is 6.61 Å². The largest absolute Gasteiger partial charge is 0.501 e. The lowest BCUT2D eigenvalue weighted by Gasteiger charge is -2.00. The molecule has 1 aromatic rings. The van der Waals surface area contributed by atoms with Crippen molar-refractivity contribution in [2.45, 2.75) is 26.2 Å². The molecule has 0 fully saturated rings. The van der Waals surface area contributed by atoms with Crippen molar-refractivity contribution < 1.29 is 4.74 Å². The molecule has 0 aliphatic rings. The summed E-state index contributed by atoms with van der Waals surface area (Å²) in [6.45, 7) is 2.93. The van der Waals surface area contributed by atoms with E-state index in [2.05, 4.69) is 37.3 Å². The van der Waals surface area contributed by atoms with Crippen LogP contribution in [-0.2, 0) is 11.2 Å². The number of rotatable bonds is 6. The molecule has 0 heterocycles. The maximum Gasteiger partial charge on any atom is 0.0913 e. The van der Waals surface area contributed by atoms with Crippen LogP contribution >= 0.6 is 0 Å². The van der Waals surface area contributed by atoms with E-state index < -0.39 is 0 Å². The highest BCUT2D eigenvalue weighted by molar-refractivity contribution is 5.14. The Morgan fingerprint density at radius 3 is 2.71 bits per heavy atom. The van der Waals surface area contributed by atoms with Gasteiger partial charge in [-0.05, 0) is 18.1 Å². The first-order valence-corrected chi connectivity index (χ1v) is 5.24. The van der Waals surface area contributed by atoms with Crippen molar-refractivity contribution in [1.82, 2.24) is 0 Å².